The van der Waals surface area contributed by atoms with E-state index in [0.717, 1.165) is 38.5 Å². The van der Waals surface area contributed by atoms with E-state index in [2.05, 4.69) is 32.2 Å². The van der Waals surface area contributed by atoms with Crippen molar-refractivity contribution < 1.29 is 23.8 Å². The van der Waals surface area contributed by atoms with Crippen LogP contribution in [0.5, 0.6) is 0 Å². The van der Waals surface area contributed by atoms with E-state index in [0.29, 0.717) is 44.2 Å². The fourth-order valence-corrected chi connectivity index (χ4v) is 9.19. The number of hydrogen-bond donors (Lipinski definition) is 0. The van der Waals surface area contributed by atoms with E-state index < -0.39 is 11.6 Å². The zero-order chi connectivity index (χ0) is 22.2. The maximum atomic E-state index is 11.4. The number of fused-ring (bicyclic) bond motifs is 5. The van der Waals surface area contributed by atoms with Gasteiger partial charge in [0.15, 0.2) is 16.9 Å². The number of nitrogens with zero attached hydrogens (tertiary/aromatic N) is 1. The van der Waals surface area contributed by atoms with Crippen LogP contribution < -0.4 is 0 Å². The highest BCUT2D eigenvalue weighted by atomic mass is 16.7. The third-order valence-electron chi connectivity index (χ3n) is 10.5. The highest BCUT2D eigenvalue weighted by Crippen LogP contribution is 2.69. The Bertz CT molecular complexity index is 802. The van der Waals surface area contributed by atoms with Crippen molar-refractivity contribution in [2.24, 2.45) is 39.8 Å². The summed E-state index contributed by atoms with van der Waals surface area (Å²) in [4.78, 5) is 17.1. The van der Waals surface area contributed by atoms with Crippen molar-refractivity contribution in [2.75, 3.05) is 26.4 Å². The second-order valence-corrected chi connectivity index (χ2v) is 11.7. The average molecular weight is 448 g/mol. The van der Waals surface area contributed by atoms with Crippen molar-refractivity contribution in [1.82, 2.24) is 0 Å². The molecule has 0 N–H and O–H groups in total. The number of ether oxygens (including phenoxy) is 4. The van der Waals surface area contributed by atoms with Gasteiger partial charge in [-0.15, -0.1) is 4.91 Å². The zero-order valence-corrected chi connectivity index (χ0v) is 19.6. The lowest BCUT2D eigenvalue weighted by Gasteiger charge is -2.60. The first-order chi connectivity index (χ1) is 15.3. The van der Waals surface area contributed by atoms with Gasteiger partial charge in [0.1, 0.15) is 6.10 Å². The molecule has 0 bridgehead atoms. The Hall–Kier alpha value is -1.02. The van der Waals surface area contributed by atoms with E-state index in [1.807, 2.05) is 0 Å². The molecule has 7 heteroatoms. The minimum atomic E-state index is -0.538. The molecule has 2 saturated heterocycles. The van der Waals surface area contributed by atoms with E-state index in [4.69, 9.17) is 23.8 Å². The maximum Gasteiger partial charge on any atom is 0.172 e. The van der Waals surface area contributed by atoms with Crippen LogP contribution in [0.25, 0.3) is 0 Å². The van der Waals surface area contributed by atoms with Gasteiger partial charge in [-0.2, -0.15) is 0 Å². The molecule has 178 valence electrons. The fourth-order valence-electron chi connectivity index (χ4n) is 9.19. The van der Waals surface area contributed by atoms with Gasteiger partial charge in [-0.3, -0.25) is 0 Å². The van der Waals surface area contributed by atoms with Gasteiger partial charge in [0.05, 0.1) is 26.4 Å². The van der Waals surface area contributed by atoms with Crippen LogP contribution in [-0.4, -0.2) is 44.1 Å². The second kappa shape index (κ2) is 7.24. The summed E-state index contributed by atoms with van der Waals surface area (Å²) in [5.74, 6) is 0.652. The number of hydrogen-bond acceptors (Lipinski definition) is 7. The average Bonchev–Trinajstić information content (AvgIpc) is 3.48. The molecule has 2 heterocycles. The fraction of sp³-hybridized carbons (Fsp3) is 0.920. The molecule has 0 amide bonds. The molecule has 7 nitrogen and oxygen atoms in total. The lowest BCUT2D eigenvalue weighted by molar-refractivity contribution is -0.232. The summed E-state index contributed by atoms with van der Waals surface area (Å²) < 4.78 is 24.4. The van der Waals surface area contributed by atoms with Gasteiger partial charge in [-0.05, 0) is 61.7 Å². The Labute approximate surface area is 190 Å². The van der Waals surface area contributed by atoms with Gasteiger partial charge >= 0.3 is 0 Å². The molecule has 0 aromatic heterocycles. The standard InChI is InChI=1S/C25H37NO6/c1-22-8-9-25(30-12-13-31-25)14-16(22)4-5-17-18-6-7-20(24(3)28-10-11-29-24)23(18,2)15-19(21(17)22)32-26-27/h4,17-21H,5-15H2,1-3H3/t17-,18-,19-,20-,21+,22-,23-/m0/s1. The van der Waals surface area contributed by atoms with E-state index in [1.165, 1.54) is 12.0 Å². The summed E-state index contributed by atoms with van der Waals surface area (Å²) in [5.41, 5.74) is 1.42. The van der Waals surface area contributed by atoms with Gasteiger partial charge in [0.25, 0.3) is 0 Å². The summed E-state index contributed by atoms with van der Waals surface area (Å²) in [6, 6.07) is 0. The van der Waals surface area contributed by atoms with Gasteiger partial charge in [0.2, 0.25) is 0 Å². The lowest BCUT2D eigenvalue weighted by Crippen LogP contribution is -2.59. The van der Waals surface area contributed by atoms with Crippen LogP contribution in [0, 0.1) is 39.4 Å². The van der Waals surface area contributed by atoms with Crippen molar-refractivity contribution >= 4 is 0 Å². The van der Waals surface area contributed by atoms with Crippen LogP contribution in [0.3, 0.4) is 0 Å². The molecule has 0 radical (unpaired) electrons. The van der Waals surface area contributed by atoms with Crippen LogP contribution in [0.15, 0.2) is 17.0 Å². The molecule has 1 spiro atoms. The Morgan fingerprint density at radius 1 is 1.00 bits per heavy atom. The molecule has 6 aliphatic rings. The van der Waals surface area contributed by atoms with E-state index in [9.17, 15) is 4.91 Å². The summed E-state index contributed by atoms with van der Waals surface area (Å²) in [7, 11) is 0. The molecule has 6 rings (SSSR count). The SMILES string of the molecule is CC1([C@H]2CC[C@H]3[C@@H]4CC=C5CC6(CC[C@]5(C)[C@H]4[C@@H](ON=O)C[C@]23C)OCCO6)OCCO1. The van der Waals surface area contributed by atoms with Gasteiger partial charge in [-0.25, -0.2) is 0 Å². The van der Waals surface area contributed by atoms with E-state index in [-0.39, 0.29) is 22.9 Å². The summed E-state index contributed by atoms with van der Waals surface area (Å²) in [6.45, 7) is 9.57. The Kier molecular flexibility index (Phi) is 4.87. The number of allylic oxidation sites excluding steroid dienone is 1. The highest BCUT2D eigenvalue weighted by molar-refractivity contribution is 5.28. The van der Waals surface area contributed by atoms with Crippen molar-refractivity contribution in [3.05, 3.63) is 16.6 Å². The second-order valence-electron chi connectivity index (χ2n) is 11.7. The molecule has 0 aromatic rings. The smallest absolute Gasteiger partial charge is 0.172 e. The van der Waals surface area contributed by atoms with Gasteiger partial charge < -0.3 is 23.8 Å². The van der Waals surface area contributed by atoms with Crippen molar-refractivity contribution in [3.8, 4) is 0 Å². The minimum Gasteiger partial charge on any atom is -0.360 e. The highest BCUT2D eigenvalue weighted by Gasteiger charge is 2.67. The predicted octanol–water partition coefficient (Wildman–Crippen LogP) is 4.75. The molecule has 7 atom stereocenters. The molecule has 32 heavy (non-hydrogen) atoms. The topological polar surface area (TPSA) is 75.6 Å². The molecule has 5 fully saturated rings. The summed E-state index contributed by atoms with van der Waals surface area (Å²) in [6.07, 6.45) is 9.15. The summed E-state index contributed by atoms with van der Waals surface area (Å²) >= 11 is 0. The Morgan fingerprint density at radius 2 is 1.72 bits per heavy atom. The van der Waals surface area contributed by atoms with Gasteiger partial charge in [0, 0.05) is 24.7 Å². The van der Waals surface area contributed by atoms with Crippen LogP contribution >= 0.6 is 0 Å². The van der Waals surface area contributed by atoms with Crippen molar-refractivity contribution in [3.63, 3.8) is 0 Å². The van der Waals surface area contributed by atoms with E-state index >= 15 is 0 Å². The molecule has 0 aromatic carbocycles. The van der Waals surface area contributed by atoms with Crippen LogP contribution in [-0.2, 0) is 23.8 Å². The zero-order valence-electron chi connectivity index (χ0n) is 19.6. The molecular weight excluding hydrogens is 410 g/mol. The van der Waals surface area contributed by atoms with Crippen LogP contribution in [0.2, 0.25) is 0 Å². The predicted molar refractivity (Wildman–Crippen MR) is 116 cm³/mol. The monoisotopic (exact) mass is 447 g/mol. The third-order valence-corrected chi connectivity index (χ3v) is 10.5. The normalized spacial score (nSPS) is 48.6. The van der Waals surface area contributed by atoms with Gasteiger partial charge in [-0.1, -0.05) is 25.5 Å². The molecule has 0 unspecified atom stereocenters. The Morgan fingerprint density at radius 3 is 2.44 bits per heavy atom. The van der Waals surface area contributed by atoms with Crippen LogP contribution in [0.4, 0.5) is 0 Å². The van der Waals surface area contributed by atoms with E-state index in [1.54, 1.807) is 0 Å². The largest absolute Gasteiger partial charge is 0.360 e. The number of rotatable bonds is 3. The third kappa shape index (κ3) is 2.87. The molecule has 4 aliphatic carbocycles. The first kappa shape index (κ1) is 21.5. The molecule has 2 aliphatic heterocycles. The van der Waals surface area contributed by atoms with Crippen molar-refractivity contribution in [1.29, 1.82) is 0 Å². The Balaban J connectivity index is 1.35. The van der Waals surface area contributed by atoms with Crippen LogP contribution in [0.1, 0.15) is 65.7 Å². The maximum absolute atomic E-state index is 11.4. The summed E-state index contributed by atoms with van der Waals surface area (Å²) in [5, 5.41) is 2.99. The molecule has 3 saturated carbocycles. The minimum absolute atomic E-state index is 0.00484. The first-order valence-electron chi connectivity index (χ1n) is 12.6. The first-order valence-corrected chi connectivity index (χ1v) is 12.6. The quantitative estimate of drug-likeness (QED) is 0.353. The van der Waals surface area contributed by atoms with Crippen molar-refractivity contribution in [2.45, 2.75) is 83.4 Å². The lowest BCUT2D eigenvalue weighted by atomic mass is 9.46. The molecular formula is C25H37NO6.